The first-order chi connectivity index (χ1) is 10.2. The molecule has 0 bridgehead atoms. The standard InChI is InChI=1S/C17H28O4/c1-20-16(21-2)13-8-6-4-3-5-7-10-14-11-9-12-15(18)17(14)19/h9,11-12,16,18-19H,3-8,10,13H2,1-2H3. The number of hydrogen-bond donors (Lipinski definition) is 2. The number of rotatable bonds is 11. The number of phenolic OH excluding ortho intramolecular Hbond substituents is 2. The third kappa shape index (κ3) is 6.82. The van der Waals surface area contributed by atoms with Crippen molar-refractivity contribution in [1.82, 2.24) is 0 Å². The smallest absolute Gasteiger partial charge is 0.160 e. The molecule has 0 aliphatic heterocycles. The van der Waals surface area contributed by atoms with Crippen LogP contribution in [0.15, 0.2) is 18.2 Å². The highest BCUT2D eigenvalue weighted by Crippen LogP contribution is 2.29. The van der Waals surface area contributed by atoms with Gasteiger partial charge in [0.15, 0.2) is 17.8 Å². The Morgan fingerprint density at radius 2 is 1.52 bits per heavy atom. The molecular weight excluding hydrogens is 268 g/mol. The molecule has 120 valence electrons. The first-order valence-corrected chi connectivity index (χ1v) is 7.74. The Labute approximate surface area is 127 Å². The topological polar surface area (TPSA) is 58.9 Å². The molecule has 2 N–H and O–H groups in total. The first-order valence-electron chi connectivity index (χ1n) is 7.74. The molecule has 1 aromatic rings. The van der Waals surface area contributed by atoms with Crippen molar-refractivity contribution in [2.75, 3.05) is 14.2 Å². The molecular formula is C17H28O4. The summed E-state index contributed by atoms with van der Waals surface area (Å²) in [5.74, 6) is 0.000938. The Morgan fingerprint density at radius 3 is 2.19 bits per heavy atom. The normalized spacial score (nSPS) is 11.2. The molecule has 0 aliphatic rings. The van der Waals surface area contributed by atoms with Gasteiger partial charge in [-0.2, -0.15) is 0 Å². The van der Waals surface area contributed by atoms with Crippen LogP contribution < -0.4 is 0 Å². The van der Waals surface area contributed by atoms with Crippen LogP contribution in [0.2, 0.25) is 0 Å². The number of para-hydroxylation sites is 1. The van der Waals surface area contributed by atoms with Gasteiger partial charge < -0.3 is 19.7 Å². The van der Waals surface area contributed by atoms with Crippen LogP contribution in [0.25, 0.3) is 0 Å². The van der Waals surface area contributed by atoms with E-state index in [1.165, 1.54) is 25.3 Å². The number of benzene rings is 1. The fraction of sp³-hybridized carbons (Fsp3) is 0.647. The summed E-state index contributed by atoms with van der Waals surface area (Å²) >= 11 is 0. The molecule has 1 aromatic carbocycles. The number of hydrogen-bond acceptors (Lipinski definition) is 4. The van der Waals surface area contributed by atoms with E-state index in [0.29, 0.717) is 0 Å². The lowest BCUT2D eigenvalue weighted by Crippen LogP contribution is -2.12. The Kier molecular flexibility index (Phi) is 8.87. The zero-order valence-corrected chi connectivity index (χ0v) is 13.2. The van der Waals surface area contributed by atoms with Crippen molar-refractivity contribution in [1.29, 1.82) is 0 Å². The van der Waals surface area contributed by atoms with E-state index in [1.54, 1.807) is 20.3 Å². The van der Waals surface area contributed by atoms with Gasteiger partial charge in [-0.25, -0.2) is 0 Å². The number of aromatic hydroxyl groups is 2. The maximum atomic E-state index is 9.70. The highest BCUT2D eigenvalue weighted by molar-refractivity contribution is 5.44. The maximum Gasteiger partial charge on any atom is 0.160 e. The Bertz CT molecular complexity index is 388. The largest absolute Gasteiger partial charge is 0.504 e. The summed E-state index contributed by atoms with van der Waals surface area (Å²) in [7, 11) is 3.34. The second-order valence-corrected chi connectivity index (χ2v) is 5.35. The number of phenols is 2. The minimum atomic E-state index is -0.0706. The van der Waals surface area contributed by atoms with Gasteiger partial charge in [-0.1, -0.05) is 37.8 Å². The van der Waals surface area contributed by atoms with E-state index in [4.69, 9.17) is 9.47 Å². The molecule has 4 heteroatoms. The second-order valence-electron chi connectivity index (χ2n) is 5.35. The van der Waals surface area contributed by atoms with Crippen molar-refractivity contribution in [2.24, 2.45) is 0 Å². The van der Waals surface area contributed by atoms with Crippen molar-refractivity contribution < 1.29 is 19.7 Å². The van der Waals surface area contributed by atoms with Crippen LogP contribution in [0.5, 0.6) is 11.5 Å². The van der Waals surface area contributed by atoms with E-state index >= 15 is 0 Å². The van der Waals surface area contributed by atoms with Gasteiger partial charge in [-0.3, -0.25) is 0 Å². The average Bonchev–Trinajstić information content (AvgIpc) is 2.50. The molecule has 0 spiro atoms. The highest BCUT2D eigenvalue weighted by atomic mass is 16.7. The molecule has 21 heavy (non-hydrogen) atoms. The van der Waals surface area contributed by atoms with Crippen LogP contribution in [-0.4, -0.2) is 30.7 Å². The minimum absolute atomic E-state index is 0.0293. The summed E-state index contributed by atoms with van der Waals surface area (Å²) in [5, 5.41) is 19.1. The first kappa shape index (κ1) is 17.8. The molecule has 0 unspecified atom stereocenters. The molecule has 1 rings (SSSR count). The van der Waals surface area contributed by atoms with E-state index in [0.717, 1.165) is 37.7 Å². The minimum Gasteiger partial charge on any atom is -0.504 e. The Morgan fingerprint density at radius 1 is 0.905 bits per heavy atom. The fourth-order valence-corrected chi connectivity index (χ4v) is 2.45. The molecule has 0 fully saturated rings. The lowest BCUT2D eigenvalue weighted by Gasteiger charge is -2.12. The third-order valence-corrected chi connectivity index (χ3v) is 3.76. The second kappa shape index (κ2) is 10.5. The van der Waals surface area contributed by atoms with E-state index in [-0.39, 0.29) is 17.8 Å². The van der Waals surface area contributed by atoms with Gasteiger partial charge in [-0.15, -0.1) is 0 Å². The van der Waals surface area contributed by atoms with Crippen LogP contribution in [0.1, 0.15) is 50.5 Å². The van der Waals surface area contributed by atoms with E-state index < -0.39 is 0 Å². The van der Waals surface area contributed by atoms with Crippen molar-refractivity contribution in [3.05, 3.63) is 23.8 Å². The number of unbranched alkanes of at least 4 members (excludes halogenated alkanes) is 5. The summed E-state index contributed by atoms with van der Waals surface area (Å²) in [6.45, 7) is 0. The summed E-state index contributed by atoms with van der Waals surface area (Å²) in [6.07, 6.45) is 8.61. The Hall–Kier alpha value is -1.26. The number of methoxy groups -OCH3 is 2. The summed E-state index contributed by atoms with van der Waals surface area (Å²) in [4.78, 5) is 0. The quantitative estimate of drug-likeness (QED) is 0.368. The van der Waals surface area contributed by atoms with E-state index in [2.05, 4.69) is 0 Å². The van der Waals surface area contributed by atoms with Crippen LogP contribution in [0.3, 0.4) is 0 Å². The highest BCUT2D eigenvalue weighted by Gasteiger charge is 2.05. The van der Waals surface area contributed by atoms with E-state index in [1.807, 2.05) is 6.07 Å². The van der Waals surface area contributed by atoms with E-state index in [9.17, 15) is 10.2 Å². The monoisotopic (exact) mass is 296 g/mol. The van der Waals surface area contributed by atoms with Gasteiger partial charge in [0.1, 0.15) is 0 Å². The number of ether oxygens (including phenoxy) is 2. The fourth-order valence-electron chi connectivity index (χ4n) is 2.45. The maximum absolute atomic E-state index is 9.70. The summed E-state index contributed by atoms with van der Waals surface area (Å²) in [6, 6.07) is 5.14. The molecule has 0 saturated heterocycles. The lowest BCUT2D eigenvalue weighted by molar-refractivity contribution is -0.107. The van der Waals surface area contributed by atoms with Crippen LogP contribution in [-0.2, 0) is 15.9 Å². The van der Waals surface area contributed by atoms with Gasteiger partial charge in [0.25, 0.3) is 0 Å². The van der Waals surface area contributed by atoms with Crippen molar-refractivity contribution in [3.63, 3.8) is 0 Å². The van der Waals surface area contributed by atoms with Crippen LogP contribution in [0, 0.1) is 0 Å². The van der Waals surface area contributed by atoms with Gasteiger partial charge in [-0.05, 0) is 37.3 Å². The molecule has 0 aromatic heterocycles. The molecule has 4 nitrogen and oxygen atoms in total. The number of aryl methyl sites for hydroxylation is 1. The molecule has 0 amide bonds. The lowest BCUT2D eigenvalue weighted by atomic mass is 10.0. The van der Waals surface area contributed by atoms with Gasteiger partial charge in [0, 0.05) is 14.2 Å². The summed E-state index contributed by atoms with van der Waals surface area (Å²) < 4.78 is 10.3. The molecule has 0 radical (unpaired) electrons. The Balaban J connectivity index is 2.03. The molecule has 0 saturated carbocycles. The zero-order chi connectivity index (χ0) is 15.5. The van der Waals surface area contributed by atoms with Gasteiger partial charge >= 0.3 is 0 Å². The molecule has 0 heterocycles. The predicted molar refractivity (Wildman–Crippen MR) is 83.6 cm³/mol. The van der Waals surface area contributed by atoms with Crippen molar-refractivity contribution in [3.8, 4) is 11.5 Å². The summed E-state index contributed by atoms with van der Waals surface area (Å²) in [5.41, 5.74) is 0.832. The predicted octanol–water partition coefficient (Wildman–Crippen LogP) is 3.99. The average molecular weight is 296 g/mol. The van der Waals surface area contributed by atoms with Crippen molar-refractivity contribution >= 4 is 0 Å². The third-order valence-electron chi connectivity index (χ3n) is 3.76. The van der Waals surface area contributed by atoms with Crippen molar-refractivity contribution in [2.45, 2.75) is 57.7 Å². The zero-order valence-electron chi connectivity index (χ0n) is 13.2. The van der Waals surface area contributed by atoms with Gasteiger partial charge in [0.2, 0.25) is 0 Å². The SMILES string of the molecule is COC(CCCCCCCCc1cccc(O)c1O)OC. The molecule has 0 atom stereocenters. The van der Waals surface area contributed by atoms with Crippen LogP contribution in [0.4, 0.5) is 0 Å². The van der Waals surface area contributed by atoms with Crippen LogP contribution >= 0.6 is 0 Å². The molecule has 0 aliphatic carbocycles. The van der Waals surface area contributed by atoms with Gasteiger partial charge in [0.05, 0.1) is 0 Å².